The zero-order chi connectivity index (χ0) is 13.3. The molecule has 94 valence electrons. The first-order valence-corrected chi connectivity index (χ1v) is 6.38. The van der Waals surface area contributed by atoms with Crippen LogP contribution in [-0.2, 0) is 4.79 Å². The average Bonchev–Trinajstić information content (AvgIpc) is 2.81. The van der Waals surface area contributed by atoms with Gasteiger partial charge in [0, 0.05) is 10.9 Å². The molecule has 2 aromatic rings. The number of aryl methyl sites for hydroxylation is 2. The summed E-state index contributed by atoms with van der Waals surface area (Å²) >= 11 is 1.41. The number of nitrogens with two attached hydrogens (primary N) is 1. The van der Waals surface area contributed by atoms with Crippen molar-refractivity contribution in [2.24, 2.45) is 5.73 Å². The van der Waals surface area contributed by atoms with Crippen LogP contribution in [-0.4, -0.2) is 16.1 Å². The Morgan fingerprint density at radius 1 is 1.39 bits per heavy atom. The fourth-order valence-corrected chi connectivity index (χ4v) is 2.42. The minimum Gasteiger partial charge on any atom is -0.480 e. The number of aromatic nitrogens is 1. The number of thiazole rings is 1. The lowest BCUT2D eigenvalue weighted by Crippen LogP contribution is -2.20. The van der Waals surface area contributed by atoms with Gasteiger partial charge in [-0.1, -0.05) is 12.1 Å². The number of benzene rings is 1. The summed E-state index contributed by atoms with van der Waals surface area (Å²) in [5.41, 5.74) is 9.33. The number of aliphatic carboxylic acids is 1. The Kier molecular flexibility index (Phi) is 3.45. The van der Waals surface area contributed by atoms with Gasteiger partial charge in [-0.05, 0) is 31.0 Å². The van der Waals surface area contributed by atoms with Gasteiger partial charge in [-0.3, -0.25) is 4.79 Å². The van der Waals surface area contributed by atoms with Gasteiger partial charge >= 0.3 is 5.97 Å². The molecule has 0 amide bonds. The summed E-state index contributed by atoms with van der Waals surface area (Å²) in [6.45, 7) is 4.09. The Balaban J connectivity index is 2.35. The molecule has 4 nitrogen and oxygen atoms in total. The molecular weight excluding hydrogens is 248 g/mol. The Morgan fingerprint density at radius 3 is 2.72 bits per heavy atom. The van der Waals surface area contributed by atoms with Crippen LogP contribution in [0.4, 0.5) is 0 Å². The second-order valence-corrected chi connectivity index (χ2v) is 5.05. The Labute approximate surface area is 109 Å². The Morgan fingerprint density at radius 2 is 2.11 bits per heavy atom. The molecular formula is C13H14N2O2S. The SMILES string of the molecule is Cc1ccc(-c2nc(C(N)C(=O)O)cs2)cc1C. The average molecular weight is 262 g/mol. The highest BCUT2D eigenvalue weighted by atomic mass is 32.1. The van der Waals surface area contributed by atoms with E-state index in [1.54, 1.807) is 5.38 Å². The van der Waals surface area contributed by atoms with E-state index in [0.29, 0.717) is 5.69 Å². The van der Waals surface area contributed by atoms with Crippen molar-refractivity contribution in [3.63, 3.8) is 0 Å². The third-order valence-electron chi connectivity index (χ3n) is 2.86. The van der Waals surface area contributed by atoms with Gasteiger partial charge in [0.1, 0.15) is 11.0 Å². The van der Waals surface area contributed by atoms with Gasteiger partial charge in [0.25, 0.3) is 0 Å². The number of hydrogen-bond donors (Lipinski definition) is 2. The molecule has 5 heteroatoms. The van der Waals surface area contributed by atoms with E-state index in [1.807, 2.05) is 32.0 Å². The van der Waals surface area contributed by atoms with Crippen molar-refractivity contribution in [1.82, 2.24) is 4.98 Å². The predicted octanol–water partition coefficient (Wildman–Crippen LogP) is 2.51. The van der Waals surface area contributed by atoms with Gasteiger partial charge in [0.05, 0.1) is 5.69 Å². The van der Waals surface area contributed by atoms with E-state index < -0.39 is 12.0 Å². The first-order valence-electron chi connectivity index (χ1n) is 5.50. The van der Waals surface area contributed by atoms with Crippen LogP contribution in [0, 0.1) is 13.8 Å². The highest BCUT2D eigenvalue weighted by molar-refractivity contribution is 7.13. The lowest BCUT2D eigenvalue weighted by molar-refractivity contribution is -0.138. The molecule has 0 aliphatic heterocycles. The zero-order valence-corrected chi connectivity index (χ0v) is 11.0. The van der Waals surface area contributed by atoms with Gasteiger partial charge in [-0.2, -0.15) is 0 Å². The molecule has 0 spiro atoms. The molecule has 1 atom stereocenters. The Hall–Kier alpha value is -1.72. The van der Waals surface area contributed by atoms with Gasteiger partial charge in [-0.15, -0.1) is 11.3 Å². The number of hydrogen-bond acceptors (Lipinski definition) is 4. The third-order valence-corrected chi connectivity index (χ3v) is 3.77. The van der Waals surface area contributed by atoms with Gasteiger partial charge in [0.15, 0.2) is 0 Å². The van der Waals surface area contributed by atoms with Crippen molar-refractivity contribution in [2.75, 3.05) is 0 Å². The van der Waals surface area contributed by atoms with E-state index in [2.05, 4.69) is 4.98 Å². The van der Waals surface area contributed by atoms with E-state index in [9.17, 15) is 4.79 Å². The Bertz CT molecular complexity index is 592. The highest BCUT2D eigenvalue weighted by Crippen LogP contribution is 2.27. The molecule has 0 fully saturated rings. The smallest absolute Gasteiger partial charge is 0.326 e. The molecule has 0 radical (unpaired) electrons. The number of rotatable bonds is 3. The minimum atomic E-state index is -1.06. The van der Waals surface area contributed by atoms with E-state index in [1.165, 1.54) is 22.5 Å². The van der Waals surface area contributed by atoms with Crippen molar-refractivity contribution in [3.05, 3.63) is 40.4 Å². The summed E-state index contributed by atoms with van der Waals surface area (Å²) in [4.78, 5) is 15.1. The first-order chi connectivity index (χ1) is 8.49. The molecule has 1 unspecified atom stereocenters. The maximum absolute atomic E-state index is 10.8. The van der Waals surface area contributed by atoms with Gasteiger partial charge in [-0.25, -0.2) is 4.98 Å². The lowest BCUT2D eigenvalue weighted by atomic mass is 10.1. The number of carboxylic acids is 1. The van der Waals surface area contributed by atoms with Gasteiger partial charge in [0.2, 0.25) is 0 Å². The molecule has 3 N–H and O–H groups in total. The fraction of sp³-hybridized carbons (Fsp3) is 0.231. The molecule has 0 aliphatic carbocycles. The number of carbonyl (C=O) groups is 1. The largest absolute Gasteiger partial charge is 0.480 e. The fourth-order valence-electron chi connectivity index (χ4n) is 1.56. The van der Waals surface area contributed by atoms with Crippen LogP contribution >= 0.6 is 11.3 Å². The summed E-state index contributed by atoms with van der Waals surface area (Å²) in [7, 11) is 0. The van der Waals surface area contributed by atoms with E-state index in [4.69, 9.17) is 10.8 Å². The molecule has 1 aromatic carbocycles. The summed E-state index contributed by atoms with van der Waals surface area (Å²) < 4.78 is 0. The summed E-state index contributed by atoms with van der Waals surface area (Å²) in [6, 6.07) is 5.01. The molecule has 2 rings (SSSR count). The minimum absolute atomic E-state index is 0.403. The van der Waals surface area contributed by atoms with Gasteiger partial charge < -0.3 is 10.8 Å². The predicted molar refractivity (Wildman–Crippen MR) is 71.6 cm³/mol. The summed E-state index contributed by atoms with van der Waals surface area (Å²) in [5, 5.41) is 11.3. The van der Waals surface area contributed by atoms with Crippen LogP contribution in [0.15, 0.2) is 23.6 Å². The molecule has 0 bridgehead atoms. The maximum Gasteiger partial charge on any atom is 0.326 e. The van der Waals surface area contributed by atoms with Crippen molar-refractivity contribution in [2.45, 2.75) is 19.9 Å². The molecule has 0 aliphatic rings. The topological polar surface area (TPSA) is 76.2 Å². The van der Waals surface area contributed by atoms with Crippen LogP contribution in [0.2, 0.25) is 0 Å². The normalized spacial score (nSPS) is 12.4. The number of nitrogens with zero attached hydrogens (tertiary/aromatic N) is 1. The summed E-state index contributed by atoms with van der Waals surface area (Å²) in [6.07, 6.45) is 0. The summed E-state index contributed by atoms with van der Waals surface area (Å²) in [5.74, 6) is -1.06. The van der Waals surface area contributed by atoms with Crippen LogP contribution < -0.4 is 5.73 Å². The quantitative estimate of drug-likeness (QED) is 0.891. The van der Waals surface area contributed by atoms with E-state index in [0.717, 1.165) is 10.6 Å². The van der Waals surface area contributed by atoms with E-state index >= 15 is 0 Å². The van der Waals surface area contributed by atoms with Crippen molar-refractivity contribution in [1.29, 1.82) is 0 Å². The molecule has 0 saturated carbocycles. The van der Waals surface area contributed by atoms with Crippen LogP contribution in [0.25, 0.3) is 10.6 Å². The molecule has 0 saturated heterocycles. The van der Waals surface area contributed by atoms with Crippen molar-refractivity contribution >= 4 is 17.3 Å². The monoisotopic (exact) mass is 262 g/mol. The first kappa shape index (κ1) is 12.7. The van der Waals surface area contributed by atoms with Crippen LogP contribution in [0.3, 0.4) is 0 Å². The second kappa shape index (κ2) is 4.88. The lowest BCUT2D eigenvalue weighted by Gasteiger charge is -2.03. The second-order valence-electron chi connectivity index (χ2n) is 4.19. The van der Waals surface area contributed by atoms with Crippen LogP contribution in [0.1, 0.15) is 22.9 Å². The maximum atomic E-state index is 10.8. The van der Waals surface area contributed by atoms with Crippen molar-refractivity contribution in [3.8, 4) is 10.6 Å². The molecule has 1 heterocycles. The zero-order valence-electron chi connectivity index (χ0n) is 10.2. The molecule has 1 aromatic heterocycles. The molecule has 18 heavy (non-hydrogen) atoms. The highest BCUT2D eigenvalue weighted by Gasteiger charge is 2.18. The van der Waals surface area contributed by atoms with Crippen molar-refractivity contribution < 1.29 is 9.90 Å². The van der Waals surface area contributed by atoms with Crippen LogP contribution in [0.5, 0.6) is 0 Å². The standard InChI is InChI=1S/C13H14N2O2S/c1-7-3-4-9(5-8(7)2)12-15-10(6-18-12)11(14)13(16)17/h3-6,11H,14H2,1-2H3,(H,16,17). The van der Waals surface area contributed by atoms with E-state index in [-0.39, 0.29) is 0 Å². The number of carboxylic acid groups (broad SMARTS) is 1. The third kappa shape index (κ3) is 2.42.